The zero-order valence-corrected chi connectivity index (χ0v) is 12.0. The Morgan fingerprint density at radius 1 is 1.25 bits per heavy atom. The number of nitrogens with one attached hydrogen (secondary N) is 2. The van der Waals surface area contributed by atoms with Crippen LogP contribution in [0.15, 0.2) is 0 Å². The van der Waals surface area contributed by atoms with Crippen LogP contribution in [-0.2, 0) is 9.53 Å². The fourth-order valence-corrected chi connectivity index (χ4v) is 3.01. The molecule has 2 fully saturated rings. The molecule has 0 aromatic carbocycles. The predicted molar refractivity (Wildman–Crippen MR) is 73.5 cm³/mol. The Hall–Kier alpha value is -1.30. The lowest BCUT2D eigenvalue weighted by Crippen LogP contribution is -2.43. The van der Waals surface area contributed by atoms with Crippen molar-refractivity contribution >= 4 is 12.0 Å². The molecule has 1 saturated carbocycles. The maximum absolute atomic E-state index is 11.7. The molecule has 2 rings (SSSR count). The molecule has 1 heterocycles. The number of aliphatic carboxylic acids is 1. The van der Waals surface area contributed by atoms with Crippen LogP contribution in [-0.4, -0.2) is 42.4 Å². The van der Waals surface area contributed by atoms with E-state index >= 15 is 0 Å². The summed E-state index contributed by atoms with van der Waals surface area (Å²) in [7, 11) is 0. The number of hydrogen-bond acceptors (Lipinski definition) is 3. The first-order valence-electron chi connectivity index (χ1n) is 7.38. The number of urea groups is 1. The smallest absolute Gasteiger partial charge is 0.332 e. The van der Waals surface area contributed by atoms with Crippen molar-refractivity contribution in [2.24, 2.45) is 5.41 Å². The van der Waals surface area contributed by atoms with Gasteiger partial charge in [-0.3, -0.25) is 0 Å². The predicted octanol–water partition coefficient (Wildman–Crippen LogP) is 1.50. The maximum atomic E-state index is 11.7. The number of hydrogen-bond donors (Lipinski definition) is 3. The average molecular weight is 284 g/mol. The molecule has 1 aliphatic carbocycles. The van der Waals surface area contributed by atoms with E-state index in [0.29, 0.717) is 25.9 Å². The van der Waals surface area contributed by atoms with Crippen molar-refractivity contribution in [1.82, 2.24) is 10.6 Å². The molecule has 20 heavy (non-hydrogen) atoms. The molecular formula is C14H24N2O4. The molecule has 0 aromatic heterocycles. The minimum absolute atomic E-state index is 0.191. The van der Waals surface area contributed by atoms with Gasteiger partial charge in [0.15, 0.2) is 6.10 Å². The van der Waals surface area contributed by atoms with E-state index in [1.165, 1.54) is 25.7 Å². The molecule has 0 aromatic rings. The van der Waals surface area contributed by atoms with Crippen molar-refractivity contribution in [3.8, 4) is 0 Å². The number of rotatable bonds is 5. The van der Waals surface area contributed by atoms with Crippen molar-refractivity contribution in [3.63, 3.8) is 0 Å². The molecule has 0 bridgehead atoms. The molecule has 1 saturated heterocycles. The summed E-state index contributed by atoms with van der Waals surface area (Å²) in [6.07, 6.45) is 5.10. The van der Waals surface area contributed by atoms with Crippen LogP contribution in [0.5, 0.6) is 0 Å². The highest BCUT2D eigenvalue weighted by atomic mass is 16.5. The number of carbonyl (C=O) groups excluding carboxylic acids is 1. The van der Waals surface area contributed by atoms with Gasteiger partial charge in [0.2, 0.25) is 0 Å². The van der Waals surface area contributed by atoms with Crippen LogP contribution < -0.4 is 10.6 Å². The monoisotopic (exact) mass is 284 g/mol. The third-order valence-electron chi connectivity index (χ3n) is 4.36. The molecular weight excluding hydrogens is 260 g/mol. The van der Waals surface area contributed by atoms with Crippen molar-refractivity contribution in [1.29, 1.82) is 0 Å². The maximum Gasteiger partial charge on any atom is 0.332 e. The van der Waals surface area contributed by atoms with E-state index in [1.807, 2.05) is 0 Å². The highest BCUT2D eigenvalue weighted by Crippen LogP contribution is 2.36. The third-order valence-corrected chi connectivity index (χ3v) is 4.36. The normalized spacial score (nSPS) is 28.2. The second-order valence-electron chi connectivity index (χ2n) is 6.24. The van der Waals surface area contributed by atoms with Gasteiger partial charge in [-0.25, -0.2) is 9.59 Å². The van der Waals surface area contributed by atoms with E-state index in [4.69, 9.17) is 9.84 Å². The summed E-state index contributed by atoms with van der Waals surface area (Å²) < 4.78 is 5.33. The van der Waals surface area contributed by atoms with Crippen LogP contribution in [0.25, 0.3) is 0 Å². The van der Waals surface area contributed by atoms with E-state index in [0.717, 1.165) is 0 Å². The summed E-state index contributed by atoms with van der Waals surface area (Å²) in [6, 6.07) is -0.194. The van der Waals surface area contributed by atoms with E-state index in [-0.39, 0.29) is 17.6 Å². The highest BCUT2D eigenvalue weighted by molar-refractivity contribution is 5.74. The number of ether oxygens (including phenoxy) is 1. The van der Waals surface area contributed by atoms with Gasteiger partial charge in [-0.1, -0.05) is 19.8 Å². The molecule has 2 unspecified atom stereocenters. The molecule has 1 aliphatic heterocycles. The number of amides is 2. The molecule has 0 radical (unpaired) electrons. The third kappa shape index (κ3) is 4.10. The first-order valence-corrected chi connectivity index (χ1v) is 7.38. The van der Waals surface area contributed by atoms with Gasteiger partial charge >= 0.3 is 12.0 Å². The number of carboxylic acids is 1. The molecule has 3 N–H and O–H groups in total. The summed E-state index contributed by atoms with van der Waals surface area (Å²) in [5, 5.41) is 14.5. The first kappa shape index (κ1) is 15.1. The topological polar surface area (TPSA) is 87.7 Å². The Morgan fingerprint density at radius 3 is 2.55 bits per heavy atom. The summed E-state index contributed by atoms with van der Waals surface area (Å²) in [6.45, 7) is 3.27. The molecule has 0 spiro atoms. The van der Waals surface area contributed by atoms with Gasteiger partial charge in [-0.2, -0.15) is 0 Å². The van der Waals surface area contributed by atoms with Gasteiger partial charge in [0, 0.05) is 13.1 Å². The van der Waals surface area contributed by atoms with Gasteiger partial charge in [-0.15, -0.1) is 0 Å². The van der Waals surface area contributed by atoms with Gasteiger partial charge in [0.1, 0.15) is 0 Å². The Labute approximate surface area is 119 Å². The van der Waals surface area contributed by atoms with E-state index in [1.54, 1.807) is 0 Å². The zero-order valence-electron chi connectivity index (χ0n) is 12.0. The van der Waals surface area contributed by atoms with Crippen molar-refractivity contribution in [3.05, 3.63) is 0 Å². The molecule has 114 valence electrons. The molecule has 6 nitrogen and oxygen atoms in total. The lowest BCUT2D eigenvalue weighted by molar-refractivity contribution is -0.149. The van der Waals surface area contributed by atoms with Gasteiger partial charge in [-0.05, 0) is 31.1 Å². The van der Waals surface area contributed by atoms with Crippen LogP contribution in [0.1, 0.15) is 45.4 Å². The number of carboxylic acid groups (broad SMARTS) is 1. The second kappa shape index (κ2) is 6.43. The van der Waals surface area contributed by atoms with Crippen LogP contribution in [0.4, 0.5) is 4.79 Å². The molecule has 6 heteroatoms. The zero-order chi connectivity index (χ0) is 14.6. The summed E-state index contributed by atoms with van der Waals surface area (Å²) in [5.74, 6) is -0.925. The highest BCUT2D eigenvalue weighted by Gasteiger charge is 2.31. The largest absolute Gasteiger partial charge is 0.479 e. The molecule has 2 atom stereocenters. The Balaban J connectivity index is 1.62. The van der Waals surface area contributed by atoms with E-state index < -0.39 is 12.1 Å². The molecule has 2 aliphatic rings. The lowest BCUT2D eigenvalue weighted by atomic mass is 9.89. The Kier molecular flexibility index (Phi) is 4.86. The summed E-state index contributed by atoms with van der Waals surface area (Å²) in [4.78, 5) is 22.5. The van der Waals surface area contributed by atoms with Crippen molar-refractivity contribution in [2.75, 3.05) is 13.1 Å². The fourth-order valence-electron chi connectivity index (χ4n) is 3.01. The molecule has 2 amide bonds. The average Bonchev–Trinajstić information content (AvgIpc) is 3.03. The second-order valence-corrected chi connectivity index (χ2v) is 6.24. The SMILES string of the molecule is CC1(CNC(=O)NCC2CCC(C(=O)O)O2)CCCC1. The van der Waals surface area contributed by atoms with Crippen LogP contribution in [0, 0.1) is 5.41 Å². The van der Waals surface area contributed by atoms with Crippen LogP contribution >= 0.6 is 0 Å². The minimum atomic E-state index is -0.925. The quantitative estimate of drug-likeness (QED) is 0.714. The van der Waals surface area contributed by atoms with Gasteiger partial charge < -0.3 is 20.5 Å². The summed E-state index contributed by atoms with van der Waals surface area (Å²) in [5.41, 5.74) is 0.232. The Morgan fingerprint density at radius 2 is 1.95 bits per heavy atom. The standard InChI is InChI=1S/C14H24N2O4/c1-14(6-2-3-7-14)9-16-13(19)15-8-10-4-5-11(20-10)12(17)18/h10-11H,2-9H2,1H3,(H,17,18)(H2,15,16,19). The van der Waals surface area contributed by atoms with E-state index in [2.05, 4.69) is 17.6 Å². The number of carbonyl (C=O) groups is 2. The lowest BCUT2D eigenvalue weighted by Gasteiger charge is -2.24. The van der Waals surface area contributed by atoms with Crippen LogP contribution in [0.2, 0.25) is 0 Å². The van der Waals surface area contributed by atoms with Crippen molar-refractivity contribution in [2.45, 2.75) is 57.7 Å². The van der Waals surface area contributed by atoms with Gasteiger partial charge in [0.05, 0.1) is 6.10 Å². The van der Waals surface area contributed by atoms with E-state index in [9.17, 15) is 9.59 Å². The fraction of sp³-hybridized carbons (Fsp3) is 0.857. The first-order chi connectivity index (χ1) is 9.48. The Bertz CT molecular complexity index is 366. The van der Waals surface area contributed by atoms with Crippen molar-refractivity contribution < 1.29 is 19.4 Å². The minimum Gasteiger partial charge on any atom is -0.479 e. The van der Waals surface area contributed by atoms with Gasteiger partial charge in [0.25, 0.3) is 0 Å². The summed E-state index contributed by atoms with van der Waals surface area (Å²) >= 11 is 0. The van der Waals surface area contributed by atoms with Crippen LogP contribution in [0.3, 0.4) is 0 Å².